The lowest BCUT2D eigenvalue weighted by Gasteiger charge is -2.37. The molecule has 0 saturated heterocycles. The van der Waals surface area contributed by atoms with Gasteiger partial charge in [0.15, 0.2) is 0 Å². The highest BCUT2D eigenvalue weighted by molar-refractivity contribution is 5.38. The number of rotatable bonds is 1. The second-order valence-corrected chi connectivity index (χ2v) is 6.03. The van der Waals surface area contributed by atoms with Gasteiger partial charge in [0.2, 0.25) is 0 Å². The fourth-order valence-electron chi connectivity index (χ4n) is 2.94. The molecule has 0 heterocycles. The molecular weight excluding hydrogens is 180 g/mol. The fourth-order valence-corrected chi connectivity index (χ4v) is 2.94. The summed E-state index contributed by atoms with van der Waals surface area (Å²) in [6.45, 7) is 9.40. The standard InChI is InChI=1S/C15H24/c1-5-12-6-7-13-10-15(3,4)11(2)8-14(13)9-12/h8,12H,5-7,9-10H2,1-4H3/t12-/m0/s1. The molecule has 2 aliphatic carbocycles. The summed E-state index contributed by atoms with van der Waals surface area (Å²) in [7, 11) is 0. The molecule has 0 aromatic carbocycles. The summed E-state index contributed by atoms with van der Waals surface area (Å²) in [4.78, 5) is 0. The monoisotopic (exact) mass is 204 g/mol. The van der Waals surface area contributed by atoms with Crippen LogP contribution in [0.2, 0.25) is 0 Å². The van der Waals surface area contributed by atoms with Gasteiger partial charge in [-0.05, 0) is 49.5 Å². The Labute approximate surface area is 94.5 Å². The Morgan fingerprint density at radius 1 is 1.40 bits per heavy atom. The van der Waals surface area contributed by atoms with Gasteiger partial charge < -0.3 is 0 Å². The van der Waals surface area contributed by atoms with Crippen molar-refractivity contribution in [2.75, 3.05) is 0 Å². The van der Waals surface area contributed by atoms with E-state index in [1.54, 1.807) is 16.7 Å². The number of hydrogen-bond acceptors (Lipinski definition) is 0. The van der Waals surface area contributed by atoms with Crippen LogP contribution < -0.4 is 0 Å². The van der Waals surface area contributed by atoms with Crippen LogP contribution in [0.1, 0.15) is 59.8 Å². The van der Waals surface area contributed by atoms with Gasteiger partial charge in [-0.15, -0.1) is 0 Å². The molecule has 2 rings (SSSR count). The van der Waals surface area contributed by atoms with Crippen LogP contribution in [0.15, 0.2) is 22.8 Å². The van der Waals surface area contributed by atoms with E-state index >= 15 is 0 Å². The molecule has 0 saturated carbocycles. The topological polar surface area (TPSA) is 0 Å². The predicted octanol–water partition coefficient (Wildman–Crippen LogP) is 4.87. The molecule has 0 N–H and O–H groups in total. The number of hydrogen-bond donors (Lipinski definition) is 0. The molecule has 0 unspecified atom stereocenters. The van der Waals surface area contributed by atoms with Crippen LogP contribution in [-0.2, 0) is 0 Å². The Morgan fingerprint density at radius 3 is 2.80 bits per heavy atom. The van der Waals surface area contributed by atoms with Crippen LogP contribution in [0, 0.1) is 11.3 Å². The van der Waals surface area contributed by atoms with E-state index in [1.165, 1.54) is 32.1 Å². The van der Waals surface area contributed by atoms with E-state index in [2.05, 4.69) is 33.8 Å². The zero-order valence-corrected chi connectivity index (χ0v) is 10.7. The molecule has 0 heteroatoms. The summed E-state index contributed by atoms with van der Waals surface area (Å²) >= 11 is 0. The Bertz CT molecular complexity index is 315. The summed E-state index contributed by atoms with van der Waals surface area (Å²) < 4.78 is 0. The molecule has 0 amide bonds. The Morgan fingerprint density at radius 2 is 2.13 bits per heavy atom. The molecule has 0 aliphatic heterocycles. The lowest BCUT2D eigenvalue weighted by Crippen LogP contribution is -2.22. The fraction of sp³-hybridized carbons (Fsp3) is 0.733. The van der Waals surface area contributed by atoms with Crippen molar-refractivity contribution in [3.05, 3.63) is 22.8 Å². The molecule has 0 fully saturated rings. The predicted molar refractivity (Wildman–Crippen MR) is 66.8 cm³/mol. The summed E-state index contributed by atoms with van der Waals surface area (Å²) in [5.41, 5.74) is 5.44. The van der Waals surface area contributed by atoms with Crippen molar-refractivity contribution in [1.29, 1.82) is 0 Å². The zero-order chi connectivity index (χ0) is 11.1. The van der Waals surface area contributed by atoms with Crippen molar-refractivity contribution in [1.82, 2.24) is 0 Å². The minimum Gasteiger partial charge on any atom is -0.0671 e. The maximum atomic E-state index is 2.49. The zero-order valence-electron chi connectivity index (χ0n) is 10.7. The second kappa shape index (κ2) is 3.81. The largest absolute Gasteiger partial charge is 0.0671 e. The van der Waals surface area contributed by atoms with Crippen molar-refractivity contribution in [2.45, 2.75) is 59.8 Å². The first-order valence-electron chi connectivity index (χ1n) is 6.42. The molecular formula is C15H24. The first-order chi connectivity index (χ1) is 7.03. The van der Waals surface area contributed by atoms with Crippen molar-refractivity contribution in [3.8, 4) is 0 Å². The SMILES string of the molecule is CC[C@H]1CCC2=C(C=C(C)C(C)(C)C2)C1. The third kappa shape index (κ3) is 2.04. The molecule has 0 radical (unpaired) electrons. The van der Waals surface area contributed by atoms with Crippen molar-refractivity contribution >= 4 is 0 Å². The molecule has 84 valence electrons. The van der Waals surface area contributed by atoms with E-state index in [-0.39, 0.29) is 0 Å². The van der Waals surface area contributed by atoms with Crippen LogP contribution in [0.25, 0.3) is 0 Å². The van der Waals surface area contributed by atoms with Gasteiger partial charge in [0.25, 0.3) is 0 Å². The minimum atomic E-state index is 0.415. The van der Waals surface area contributed by atoms with E-state index in [9.17, 15) is 0 Å². The summed E-state index contributed by atoms with van der Waals surface area (Å²) in [6, 6.07) is 0. The maximum absolute atomic E-state index is 2.49. The first kappa shape index (κ1) is 11.0. The van der Waals surface area contributed by atoms with Crippen LogP contribution in [-0.4, -0.2) is 0 Å². The van der Waals surface area contributed by atoms with E-state index in [1.807, 2.05) is 0 Å². The third-order valence-electron chi connectivity index (χ3n) is 4.51. The van der Waals surface area contributed by atoms with Crippen LogP contribution in [0.5, 0.6) is 0 Å². The van der Waals surface area contributed by atoms with E-state index < -0.39 is 0 Å². The lowest BCUT2D eigenvalue weighted by molar-refractivity contribution is 0.381. The van der Waals surface area contributed by atoms with Crippen LogP contribution >= 0.6 is 0 Å². The first-order valence-corrected chi connectivity index (χ1v) is 6.42. The summed E-state index contributed by atoms with van der Waals surface area (Å²) in [5.74, 6) is 0.953. The van der Waals surface area contributed by atoms with Gasteiger partial charge in [0.1, 0.15) is 0 Å². The van der Waals surface area contributed by atoms with E-state index in [0.29, 0.717) is 5.41 Å². The summed E-state index contributed by atoms with van der Waals surface area (Å²) in [5, 5.41) is 0. The van der Waals surface area contributed by atoms with Gasteiger partial charge in [0.05, 0.1) is 0 Å². The van der Waals surface area contributed by atoms with Gasteiger partial charge in [-0.3, -0.25) is 0 Å². The van der Waals surface area contributed by atoms with Crippen molar-refractivity contribution in [3.63, 3.8) is 0 Å². The van der Waals surface area contributed by atoms with E-state index in [4.69, 9.17) is 0 Å². The quantitative estimate of drug-likeness (QED) is 0.571. The van der Waals surface area contributed by atoms with Crippen molar-refractivity contribution in [2.24, 2.45) is 11.3 Å². The highest BCUT2D eigenvalue weighted by Crippen LogP contribution is 2.45. The highest BCUT2D eigenvalue weighted by atomic mass is 14.3. The minimum absolute atomic E-state index is 0.415. The highest BCUT2D eigenvalue weighted by Gasteiger charge is 2.30. The third-order valence-corrected chi connectivity index (χ3v) is 4.51. The molecule has 0 bridgehead atoms. The average molecular weight is 204 g/mol. The Hall–Kier alpha value is -0.520. The van der Waals surface area contributed by atoms with Gasteiger partial charge >= 0.3 is 0 Å². The van der Waals surface area contributed by atoms with Gasteiger partial charge in [-0.1, -0.05) is 44.4 Å². The average Bonchev–Trinajstić information content (AvgIpc) is 2.19. The number of allylic oxidation sites excluding steroid dienone is 4. The Kier molecular flexibility index (Phi) is 2.79. The van der Waals surface area contributed by atoms with Crippen LogP contribution in [0.3, 0.4) is 0 Å². The molecule has 0 aromatic rings. The molecule has 15 heavy (non-hydrogen) atoms. The van der Waals surface area contributed by atoms with E-state index in [0.717, 1.165) is 5.92 Å². The smallest absolute Gasteiger partial charge is 0.0107 e. The summed E-state index contributed by atoms with van der Waals surface area (Å²) in [6.07, 6.45) is 9.29. The maximum Gasteiger partial charge on any atom is -0.0107 e. The second-order valence-electron chi connectivity index (χ2n) is 6.03. The van der Waals surface area contributed by atoms with Gasteiger partial charge in [0, 0.05) is 0 Å². The Balaban J connectivity index is 2.23. The van der Waals surface area contributed by atoms with Crippen molar-refractivity contribution < 1.29 is 0 Å². The normalized spacial score (nSPS) is 29.9. The van der Waals surface area contributed by atoms with Gasteiger partial charge in [-0.2, -0.15) is 0 Å². The molecule has 1 atom stereocenters. The molecule has 2 aliphatic rings. The molecule has 0 aromatic heterocycles. The lowest BCUT2D eigenvalue weighted by atomic mass is 9.69. The molecule has 0 spiro atoms. The van der Waals surface area contributed by atoms with Gasteiger partial charge in [-0.25, -0.2) is 0 Å². The van der Waals surface area contributed by atoms with Crippen LogP contribution in [0.4, 0.5) is 0 Å². The molecule has 0 nitrogen and oxygen atoms in total.